The predicted octanol–water partition coefficient (Wildman–Crippen LogP) is 10.4. The lowest BCUT2D eigenvalue weighted by atomic mass is 9.59. The fourth-order valence-corrected chi connectivity index (χ4v) is 8.68. The predicted molar refractivity (Wildman–Crippen MR) is 199 cm³/mol. The highest BCUT2D eigenvalue weighted by Crippen LogP contribution is 2.62. The van der Waals surface area contributed by atoms with Gasteiger partial charge in [0.2, 0.25) is 0 Å². The van der Waals surface area contributed by atoms with E-state index in [0.717, 1.165) is 46.2 Å². The number of nitriles is 1. The van der Waals surface area contributed by atoms with Crippen LogP contribution in [0.2, 0.25) is 0 Å². The number of allylic oxidation sites excluding steroid dienone is 4. The summed E-state index contributed by atoms with van der Waals surface area (Å²) in [7, 11) is 0. The number of fused-ring (bicyclic) bond motifs is 5. The summed E-state index contributed by atoms with van der Waals surface area (Å²) in [6.07, 6.45) is 16.6. The molecule has 3 aliphatic rings. The quantitative estimate of drug-likeness (QED) is 0.186. The summed E-state index contributed by atoms with van der Waals surface area (Å²) in [5, 5.41) is 9.83. The number of nitrogens with zero attached hydrogens (tertiary/aromatic N) is 5. The van der Waals surface area contributed by atoms with Crippen LogP contribution < -0.4 is 0 Å². The maximum Gasteiger partial charge on any atom is 0.164 e. The fraction of sp³-hybridized carbons (Fsp3) is 0.178. The van der Waals surface area contributed by atoms with E-state index in [9.17, 15) is 5.26 Å². The molecule has 0 amide bonds. The van der Waals surface area contributed by atoms with Crippen molar-refractivity contribution in [3.05, 3.63) is 162 Å². The molecule has 4 aromatic carbocycles. The molecule has 5 nitrogen and oxygen atoms in total. The third-order valence-electron chi connectivity index (χ3n) is 11.0. The van der Waals surface area contributed by atoms with Gasteiger partial charge in [0.05, 0.1) is 11.6 Å². The second-order valence-electron chi connectivity index (χ2n) is 13.7. The van der Waals surface area contributed by atoms with Crippen LogP contribution in [0.3, 0.4) is 0 Å². The number of pyridine rings is 1. The lowest BCUT2D eigenvalue weighted by molar-refractivity contribution is 0.227. The normalized spacial score (nSPS) is 18.6. The van der Waals surface area contributed by atoms with E-state index in [0.29, 0.717) is 23.4 Å². The largest absolute Gasteiger partial charge is 0.264 e. The molecule has 1 saturated carbocycles. The van der Waals surface area contributed by atoms with E-state index in [4.69, 9.17) is 15.0 Å². The van der Waals surface area contributed by atoms with Crippen LogP contribution in [0.25, 0.3) is 50.9 Å². The highest BCUT2D eigenvalue weighted by atomic mass is 15.0. The van der Waals surface area contributed by atoms with Crippen molar-refractivity contribution in [1.82, 2.24) is 19.9 Å². The van der Waals surface area contributed by atoms with Gasteiger partial charge >= 0.3 is 0 Å². The SMILES string of the molecule is N#Cc1ccc2c(c1)C1(CCCCC1)C1C2=CC=CC1c1cccc(-c2nc(-c3ccccc3)nc(-c3ccc(-c4cccnc4)cc3)n2)c1. The van der Waals surface area contributed by atoms with Gasteiger partial charge in [-0.3, -0.25) is 4.98 Å². The third-order valence-corrected chi connectivity index (χ3v) is 11.0. The van der Waals surface area contributed by atoms with E-state index in [1.807, 2.05) is 48.7 Å². The van der Waals surface area contributed by atoms with Gasteiger partial charge in [-0.25, -0.2) is 15.0 Å². The zero-order valence-electron chi connectivity index (χ0n) is 27.7. The van der Waals surface area contributed by atoms with Crippen molar-refractivity contribution in [2.24, 2.45) is 5.92 Å². The molecule has 3 aliphatic carbocycles. The first-order valence-corrected chi connectivity index (χ1v) is 17.6. The maximum absolute atomic E-state index is 9.83. The summed E-state index contributed by atoms with van der Waals surface area (Å²) in [5.74, 6) is 2.46. The molecule has 2 heterocycles. The Morgan fingerprint density at radius 3 is 2.08 bits per heavy atom. The second kappa shape index (κ2) is 12.5. The molecule has 5 heteroatoms. The van der Waals surface area contributed by atoms with Gasteiger partial charge in [-0.2, -0.15) is 5.26 Å². The van der Waals surface area contributed by atoms with Gasteiger partial charge in [0.15, 0.2) is 17.5 Å². The molecule has 0 radical (unpaired) electrons. The van der Waals surface area contributed by atoms with E-state index in [1.54, 1.807) is 6.20 Å². The Labute approximate surface area is 292 Å². The van der Waals surface area contributed by atoms with Crippen molar-refractivity contribution in [1.29, 1.82) is 5.26 Å². The first-order chi connectivity index (χ1) is 24.7. The summed E-state index contributed by atoms with van der Waals surface area (Å²) in [6.45, 7) is 0. The monoisotopic (exact) mass is 645 g/mol. The van der Waals surface area contributed by atoms with Gasteiger partial charge < -0.3 is 0 Å². The molecule has 0 bridgehead atoms. The Morgan fingerprint density at radius 1 is 0.640 bits per heavy atom. The Hall–Kier alpha value is -5.99. The molecule has 2 atom stereocenters. The smallest absolute Gasteiger partial charge is 0.164 e. The number of rotatable bonds is 5. The van der Waals surface area contributed by atoms with Gasteiger partial charge in [0.25, 0.3) is 0 Å². The van der Waals surface area contributed by atoms with E-state index in [2.05, 4.69) is 96.0 Å². The minimum absolute atomic E-state index is 0.0283. The van der Waals surface area contributed by atoms with E-state index in [-0.39, 0.29) is 11.3 Å². The summed E-state index contributed by atoms with van der Waals surface area (Å²) >= 11 is 0. The molecule has 1 spiro atoms. The molecule has 9 rings (SSSR count). The van der Waals surface area contributed by atoms with E-state index in [1.165, 1.54) is 41.5 Å². The number of aromatic nitrogens is 4. The van der Waals surface area contributed by atoms with E-state index < -0.39 is 0 Å². The van der Waals surface area contributed by atoms with Crippen LogP contribution in [0, 0.1) is 17.2 Å². The van der Waals surface area contributed by atoms with Gasteiger partial charge in [-0.05, 0) is 70.5 Å². The van der Waals surface area contributed by atoms with Crippen molar-refractivity contribution in [2.45, 2.75) is 43.4 Å². The van der Waals surface area contributed by atoms with Crippen molar-refractivity contribution in [2.75, 3.05) is 0 Å². The fourth-order valence-electron chi connectivity index (χ4n) is 8.68. The average Bonchev–Trinajstić information content (AvgIpc) is 3.46. The summed E-state index contributed by atoms with van der Waals surface area (Å²) in [4.78, 5) is 19.4. The molecule has 0 saturated heterocycles. The van der Waals surface area contributed by atoms with Crippen LogP contribution in [0.1, 0.15) is 60.3 Å². The van der Waals surface area contributed by atoms with Crippen molar-refractivity contribution >= 4 is 5.57 Å². The minimum atomic E-state index is 0.0283. The molecule has 50 heavy (non-hydrogen) atoms. The highest BCUT2D eigenvalue weighted by Gasteiger charge is 2.52. The maximum atomic E-state index is 9.83. The number of hydrogen-bond donors (Lipinski definition) is 0. The van der Waals surface area contributed by atoms with Crippen LogP contribution in [-0.2, 0) is 5.41 Å². The summed E-state index contributed by atoms with van der Waals surface area (Å²) in [6, 6.07) is 40.1. The molecular formula is C45H35N5. The Balaban J connectivity index is 1.13. The zero-order chi connectivity index (χ0) is 33.5. The van der Waals surface area contributed by atoms with Gasteiger partial charge in [-0.15, -0.1) is 0 Å². The molecule has 6 aromatic rings. The van der Waals surface area contributed by atoms with Crippen molar-refractivity contribution in [3.8, 4) is 51.4 Å². The van der Waals surface area contributed by atoms with Gasteiger partial charge in [0, 0.05) is 46.3 Å². The molecule has 0 N–H and O–H groups in total. The molecule has 2 unspecified atom stereocenters. The highest BCUT2D eigenvalue weighted by molar-refractivity contribution is 5.82. The zero-order valence-corrected chi connectivity index (χ0v) is 27.7. The van der Waals surface area contributed by atoms with Gasteiger partial charge in [0.1, 0.15) is 0 Å². The van der Waals surface area contributed by atoms with Crippen molar-refractivity contribution < 1.29 is 0 Å². The van der Waals surface area contributed by atoms with Crippen LogP contribution >= 0.6 is 0 Å². The molecule has 0 aliphatic heterocycles. The van der Waals surface area contributed by atoms with Crippen LogP contribution in [0.4, 0.5) is 0 Å². The lowest BCUT2D eigenvalue weighted by Crippen LogP contribution is -2.37. The van der Waals surface area contributed by atoms with Crippen molar-refractivity contribution in [3.63, 3.8) is 0 Å². The molecule has 2 aromatic heterocycles. The van der Waals surface area contributed by atoms with Crippen LogP contribution in [0.5, 0.6) is 0 Å². The first-order valence-electron chi connectivity index (χ1n) is 17.6. The number of hydrogen-bond acceptors (Lipinski definition) is 5. The minimum Gasteiger partial charge on any atom is -0.264 e. The summed E-state index contributed by atoms with van der Waals surface area (Å²) in [5.41, 5.74) is 11.2. The first kappa shape index (κ1) is 30.1. The Bertz CT molecular complexity index is 2310. The average molecular weight is 646 g/mol. The second-order valence-corrected chi connectivity index (χ2v) is 13.7. The van der Waals surface area contributed by atoms with E-state index >= 15 is 0 Å². The Morgan fingerprint density at radius 2 is 1.34 bits per heavy atom. The molecule has 1 fully saturated rings. The lowest BCUT2D eigenvalue weighted by Gasteiger charge is -2.44. The van der Waals surface area contributed by atoms with Crippen LogP contribution in [-0.4, -0.2) is 19.9 Å². The standard InChI is InChI=1S/C45H35N5/c46-28-30-17-22-38-39-16-8-15-37(41(39)45(40(38)26-30)23-5-2-6-24-45)34-12-7-13-35(27-34)44-49-42(32-10-3-1-4-11-32)48-43(50-44)33-20-18-31(19-21-33)36-14-9-25-47-29-36/h1,3-4,7-22,25-27,29,37,41H,2,5-6,23-24H2. The third kappa shape index (κ3) is 5.16. The molecular weight excluding hydrogens is 611 g/mol. The Kier molecular flexibility index (Phi) is 7.51. The molecule has 240 valence electrons. The van der Waals surface area contributed by atoms with Gasteiger partial charge in [-0.1, -0.05) is 122 Å². The van der Waals surface area contributed by atoms with Crippen LogP contribution in [0.15, 0.2) is 140 Å². The summed E-state index contributed by atoms with van der Waals surface area (Å²) < 4.78 is 0. The topological polar surface area (TPSA) is 75.3 Å². The number of benzene rings is 4.